The normalized spacial score (nSPS) is 10.8. The number of benzene rings is 3. The van der Waals surface area contributed by atoms with Crippen LogP contribution in [0.1, 0.15) is 21.5 Å². The molecule has 0 aliphatic rings. The molecule has 0 unspecified atom stereocenters. The molecule has 0 aromatic heterocycles. The Labute approximate surface area is 177 Å². The first-order valence-electron chi connectivity index (χ1n) is 8.44. The number of carbonyl (C=O) groups excluding carboxylic acids is 1. The number of carbonyl (C=O) groups is 1. The highest BCUT2D eigenvalue weighted by Gasteiger charge is 2.11. The minimum absolute atomic E-state index is 0.0771. The molecule has 3 aromatic carbocycles. The number of hydrogen-bond acceptors (Lipinski definition) is 5. The van der Waals surface area contributed by atoms with E-state index in [2.05, 4.69) is 10.5 Å². The van der Waals surface area contributed by atoms with E-state index in [9.17, 15) is 15.0 Å². The molecule has 0 bridgehead atoms. The molecule has 8 heteroatoms. The molecule has 0 aliphatic carbocycles. The summed E-state index contributed by atoms with van der Waals surface area (Å²) < 4.78 is 5.70. The fraction of sp³-hybridized carbons (Fsp3) is 0.0476. The summed E-state index contributed by atoms with van der Waals surface area (Å²) in [5, 5.41) is 24.0. The minimum atomic E-state index is -0.644. The fourth-order valence-electron chi connectivity index (χ4n) is 2.38. The van der Waals surface area contributed by atoms with Gasteiger partial charge >= 0.3 is 0 Å². The van der Waals surface area contributed by atoms with Gasteiger partial charge in [0.05, 0.1) is 11.8 Å². The lowest BCUT2D eigenvalue weighted by atomic mass is 10.2. The Hall–Kier alpha value is -3.22. The quantitative estimate of drug-likeness (QED) is 0.299. The van der Waals surface area contributed by atoms with Crippen LogP contribution in [0, 0.1) is 0 Å². The standard InChI is InChI=1S/C21H16Cl2N2O4/c22-15-4-3-14(19(23)9-15)12-29-17-6-1-13(2-7-17)11-24-25-21(28)18-10-16(26)5-8-20(18)27/h1-11,26-27H,12H2,(H,25,28)/b24-11+. The zero-order valence-electron chi connectivity index (χ0n) is 15.0. The highest BCUT2D eigenvalue weighted by atomic mass is 35.5. The van der Waals surface area contributed by atoms with Crippen LogP contribution in [0.15, 0.2) is 65.8 Å². The second kappa shape index (κ2) is 9.32. The van der Waals surface area contributed by atoms with Crippen LogP contribution in [0.5, 0.6) is 17.2 Å². The van der Waals surface area contributed by atoms with E-state index in [1.165, 1.54) is 18.3 Å². The molecule has 3 N–H and O–H groups in total. The Morgan fingerprint density at radius 2 is 1.79 bits per heavy atom. The van der Waals surface area contributed by atoms with Gasteiger partial charge in [-0.2, -0.15) is 5.10 Å². The van der Waals surface area contributed by atoms with Crippen molar-refractivity contribution in [2.75, 3.05) is 0 Å². The van der Waals surface area contributed by atoms with E-state index in [4.69, 9.17) is 27.9 Å². The van der Waals surface area contributed by atoms with Gasteiger partial charge in [-0.3, -0.25) is 4.79 Å². The third-order valence-corrected chi connectivity index (χ3v) is 4.48. The summed E-state index contributed by atoms with van der Waals surface area (Å²) in [7, 11) is 0. The second-order valence-corrected chi connectivity index (χ2v) is 6.84. The van der Waals surface area contributed by atoms with Gasteiger partial charge in [0.15, 0.2) is 0 Å². The summed E-state index contributed by atoms with van der Waals surface area (Å²) in [6, 6.07) is 15.9. The number of nitrogens with zero attached hydrogens (tertiary/aromatic N) is 1. The number of phenols is 2. The predicted molar refractivity (Wildman–Crippen MR) is 112 cm³/mol. The van der Waals surface area contributed by atoms with E-state index in [0.29, 0.717) is 22.4 Å². The molecule has 0 atom stereocenters. The molecule has 1 amide bonds. The Morgan fingerprint density at radius 1 is 1.03 bits per heavy atom. The number of hydrogen-bond donors (Lipinski definition) is 3. The van der Waals surface area contributed by atoms with Crippen LogP contribution in [-0.2, 0) is 6.61 Å². The molecule has 148 valence electrons. The van der Waals surface area contributed by atoms with Crippen LogP contribution in [0.4, 0.5) is 0 Å². The Balaban J connectivity index is 1.56. The van der Waals surface area contributed by atoms with Crippen molar-refractivity contribution in [1.29, 1.82) is 0 Å². The lowest BCUT2D eigenvalue weighted by Crippen LogP contribution is -2.17. The van der Waals surface area contributed by atoms with Gasteiger partial charge in [0.25, 0.3) is 5.91 Å². The minimum Gasteiger partial charge on any atom is -0.508 e. The van der Waals surface area contributed by atoms with Crippen LogP contribution in [0.3, 0.4) is 0 Å². The van der Waals surface area contributed by atoms with E-state index >= 15 is 0 Å². The first kappa shape index (κ1) is 20.5. The molecular formula is C21H16Cl2N2O4. The van der Waals surface area contributed by atoms with E-state index in [1.807, 2.05) is 0 Å². The van der Waals surface area contributed by atoms with Gasteiger partial charge in [0, 0.05) is 15.6 Å². The second-order valence-electron chi connectivity index (χ2n) is 5.99. The van der Waals surface area contributed by atoms with Crippen molar-refractivity contribution in [3.05, 3.63) is 87.4 Å². The largest absolute Gasteiger partial charge is 0.508 e. The molecule has 0 spiro atoms. The average Bonchev–Trinajstić information content (AvgIpc) is 2.70. The van der Waals surface area contributed by atoms with Gasteiger partial charge in [-0.25, -0.2) is 5.43 Å². The van der Waals surface area contributed by atoms with Gasteiger partial charge in [-0.15, -0.1) is 0 Å². The Bertz CT molecular complexity index is 1050. The molecule has 0 heterocycles. The van der Waals surface area contributed by atoms with E-state index < -0.39 is 5.91 Å². The molecule has 6 nitrogen and oxygen atoms in total. The lowest BCUT2D eigenvalue weighted by molar-refractivity contribution is 0.0952. The SMILES string of the molecule is O=C(N/N=C/c1ccc(OCc2ccc(Cl)cc2Cl)cc1)c1cc(O)ccc1O. The summed E-state index contributed by atoms with van der Waals surface area (Å²) in [5.74, 6) is -0.387. The molecule has 0 aliphatic heterocycles. The average molecular weight is 431 g/mol. The number of phenolic OH excluding ortho intramolecular Hbond substituents is 2. The van der Waals surface area contributed by atoms with Gasteiger partial charge in [0.2, 0.25) is 0 Å². The molecule has 3 aromatic rings. The number of aromatic hydroxyl groups is 2. The van der Waals surface area contributed by atoms with Crippen molar-refractivity contribution < 1.29 is 19.7 Å². The molecule has 0 saturated heterocycles. The van der Waals surface area contributed by atoms with E-state index in [0.717, 1.165) is 17.2 Å². The molecule has 0 radical (unpaired) electrons. The maximum Gasteiger partial charge on any atom is 0.275 e. The van der Waals surface area contributed by atoms with Crippen molar-refractivity contribution in [3.63, 3.8) is 0 Å². The van der Waals surface area contributed by atoms with E-state index in [-0.39, 0.29) is 17.1 Å². The van der Waals surface area contributed by atoms with Crippen molar-refractivity contribution in [1.82, 2.24) is 5.43 Å². The molecule has 29 heavy (non-hydrogen) atoms. The fourth-order valence-corrected chi connectivity index (χ4v) is 2.84. The first-order valence-corrected chi connectivity index (χ1v) is 9.20. The lowest BCUT2D eigenvalue weighted by Gasteiger charge is -2.08. The topological polar surface area (TPSA) is 91.2 Å². The zero-order valence-corrected chi connectivity index (χ0v) is 16.5. The smallest absolute Gasteiger partial charge is 0.275 e. The van der Waals surface area contributed by atoms with Crippen LogP contribution in [-0.4, -0.2) is 22.3 Å². The summed E-state index contributed by atoms with van der Waals surface area (Å²) in [5.41, 5.74) is 3.76. The summed E-state index contributed by atoms with van der Waals surface area (Å²) >= 11 is 12.0. The number of ether oxygens (including phenoxy) is 1. The maximum absolute atomic E-state index is 12.0. The maximum atomic E-state index is 12.0. The molecule has 3 rings (SSSR count). The number of rotatable bonds is 6. The van der Waals surface area contributed by atoms with Crippen molar-refractivity contribution in [3.8, 4) is 17.2 Å². The Morgan fingerprint density at radius 3 is 2.52 bits per heavy atom. The van der Waals surface area contributed by atoms with Crippen molar-refractivity contribution >= 4 is 35.3 Å². The Kier molecular flexibility index (Phi) is 6.59. The summed E-state index contributed by atoms with van der Waals surface area (Å²) in [6.45, 7) is 0.299. The van der Waals surface area contributed by atoms with Crippen LogP contribution < -0.4 is 10.2 Å². The predicted octanol–water partition coefficient (Wildman–Crippen LogP) is 4.75. The zero-order chi connectivity index (χ0) is 20.8. The number of nitrogens with one attached hydrogen (secondary N) is 1. The van der Waals surface area contributed by atoms with Gasteiger partial charge in [-0.1, -0.05) is 29.3 Å². The molecular weight excluding hydrogens is 415 g/mol. The van der Waals surface area contributed by atoms with Gasteiger partial charge in [0.1, 0.15) is 23.9 Å². The van der Waals surface area contributed by atoms with Crippen LogP contribution >= 0.6 is 23.2 Å². The third kappa shape index (κ3) is 5.63. The van der Waals surface area contributed by atoms with Gasteiger partial charge < -0.3 is 14.9 Å². The first-order chi connectivity index (χ1) is 13.9. The third-order valence-electron chi connectivity index (χ3n) is 3.89. The number of amides is 1. The molecule has 0 fully saturated rings. The van der Waals surface area contributed by atoms with Gasteiger partial charge in [-0.05, 0) is 60.2 Å². The molecule has 0 saturated carbocycles. The summed E-state index contributed by atoms with van der Waals surface area (Å²) in [6.07, 6.45) is 1.44. The van der Waals surface area contributed by atoms with Crippen molar-refractivity contribution in [2.24, 2.45) is 5.10 Å². The van der Waals surface area contributed by atoms with Crippen molar-refractivity contribution in [2.45, 2.75) is 6.61 Å². The van der Waals surface area contributed by atoms with Crippen LogP contribution in [0.25, 0.3) is 0 Å². The van der Waals surface area contributed by atoms with Crippen LogP contribution in [0.2, 0.25) is 10.0 Å². The highest BCUT2D eigenvalue weighted by Crippen LogP contribution is 2.23. The number of hydrazone groups is 1. The monoisotopic (exact) mass is 430 g/mol. The highest BCUT2D eigenvalue weighted by molar-refractivity contribution is 6.35. The van der Waals surface area contributed by atoms with E-state index in [1.54, 1.807) is 42.5 Å². The summed E-state index contributed by atoms with van der Waals surface area (Å²) in [4.78, 5) is 12.0. The number of halogens is 2.